The largest absolute Gasteiger partial charge is 0.369 e. The summed E-state index contributed by atoms with van der Waals surface area (Å²) in [6.07, 6.45) is 1.09. The second kappa shape index (κ2) is 4.33. The summed E-state index contributed by atoms with van der Waals surface area (Å²) in [5.74, 6) is 0.244. The average Bonchev–Trinajstić information content (AvgIpc) is 2.95. The van der Waals surface area contributed by atoms with Crippen molar-refractivity contribution in [2.45, 2.75) is 18.4 Å². The fraction of sp³-hybridized carbons (Fsp3) is 0.364. The zero-order chi connectivity index (χ0) is 10.8. The number of amides is 1. The Hall–Kier alpha value is -0.870. The van der Waals surface area contributed by atoms with E-state index in [0.717, 1.165) is 10.9 Å². The van der Waals surface area contributed by atoms with Crippen LogP contribution in [0, 0.1) is 0 Å². The van der Waals surface area contributed by atoms with E-state index in [-0.39, 0.29) is 12.5 Å². The summed E-state index contributed by atoms with van der Waals surface area (Å²) in [7, 11) is 0. The fourth-order valence-corrected chi connectivity index (χ4v) is 1.99. The van der Waals surface area contributed by atoms with Gasteiger partial charge in [-0.3, -0.25) is 4.79 Å². The van der Waals surface area contributed by atoms with Crippen molar-refractivity contribution in [1.29, 1.82) is 0 Å². The first-order valence-corrected chi connectivity index (χ1v) is 5.73. The summed E-state index contributed by atoms with van der Waals surface area (Å²) in [5.41, 5.74) is 6.38. The van der Waals surface area contributed by atoms with Crippen LogP contribution in [-0.4, -0.2) is 18.5 Å². The summed E-state index contributed by atoms with van der Waals surface area (Å²) in [6, 6.07) is 8.72. The van der Waals surface area contributed by atoms with Crippen LogP contribution in [0.3, 0.4) is 0 Å². The lowest BCUT2D eigenvalue weighted by Crippen LogP contribution is -2.30. The SMILES string of the molecule is NC(=O)CN[C@@H]1C[C@H]1c1ccc(Br)cc1. The smallest absolute Gasteiger partial charge is 0.231 e. The number of nitrogens with two attached hydrogens (primary N) is 1. The van der Waals surface area contributed by atoms with Gasteiger partial charge in [0.2, 0.25) is 5.91 Å². The van der Waals surface area contributed by atoms with Crippen molar-refractivity contribution in [3.05, 3.63) is 34.3 Å². The number of hydrogen-bond acceptors (Lipinski definition) is 2. The molecule has 1 saturated carbocycles. The van der Waals surface area contributed by atoms with Crippen molar-refractivity contribution in [2.75, 3.05) is 6.54 Å². The first-order chi connectivity index (χ1) is 7.16. The molecule has 0 aromatic heterocycles. The van der Waals surface area contributed by atoms with Gasteiger partial charge in [0.25, 0.3) is 0 Å². The second-order valence-corrected chi connectivity index (χ2v) is 4.76. The minimum Gasteiger partial charge on any atom is -0.369 e. The van der Waals surface area contributed by atoms with Crippen LogP contribution in [-0.2, 0) is 4.79 Å². The first kappa shape index (κ1) is 10.6. The predicted molar refractivity (Wildman–Crippen MR) is 62.5 cm³/mol. The van der Waals surface area contributed by atoms with Gasteiger partial charge in [-0.1, -0.05) is 28.1 Å². The van der Waals surface area contributed by atoms with E-state index in [4.69, 9.17) is 5.73 Å². The third-order valence-corrected chi connectivity index (χ3v) is 3.16. The molecule has 0 heterocycles. The minimum atomic E-state index is -0.295. The van der Waals surface area contributed by atoms with Gasteiger partial charge in [-0.05, 0) is 24.1 Å². The molecule has 3 N–H and O–H groups in total. The second-order valence-electron chi connectivity index (χ2n) is 3.85. The molecule has 1 amide bonds. The first-order valence-electron chi connectivity index (χ1n) is 4.94. The van der Waals surface area contributed by atoms with Crippen LogP contribution >= 0.6 is 15.9 Å². The van der Waals surface area contributed by atoms with Crippen molar-refractivity contribution >= 4 is 21.8 Å². The molecule has 1 aromatic carbocycles. The van der Waals surface area contributed by atoms with Gasteiger partial charge in [0, 0.05) is 16.4 Å². The molecule has 4 heteroatoms. The summed E-state index contributed by atoms with van der Waals surface area (Å²) < 4.78 is 1.09. The third kappa shape index (κ3) is 2.79. The number of carbonyl (C=O) groups is 1. The van der Waals surface area contributed by atoms with E-state index in [1.54, 1.807) is 0 Å². The molecule has 1 aromatic rings. The number of rotatable bonds is 4. The molecule has 1 aliphatic carbocycles. The maximum Gasteiger partial charge on any atom is 0.231 e. The van der Waals surface area contributed by atoms with Crippen LogP contribution in [0.1, 0.15) is 17.9 Å². The lowest BCUT2D eigenvalue weighted by atomic mass is 10.1. The molecule has 2 atom stereocenters. The Morgan fingerprint density at radius 1 is 1.47 bits per heavy atom. The van der Waals surface area contributed by atoms with E-state index >= 15 is 0 Å². The summed E-state index contributed by atoms with van der Waals surface area (Å²) in [5, 5.41) is 3.13. The molecule has 1 fully saturated rings. The van der Waals surface area contributed by atoms with E-state index < -0.39 is 0 Å². The number of nitrogens with one attached hydrogen (secondary N) is 1. The van der Waals surface area contributed by atoms with Crippen LogP contribution in [0.25, 0.3) is 0 Å². The highest BCUT2D eigenvalue weighted by molar-refractivity contribution is 9.10. The fourth-order valence-electron chi connectivity index (χ4n) is 1.73. The topological polar surface area (TPSA) is 55.1 Å². The highest BCUT2D eigenvalue weighted by Crippen LogP contribution is 2.40. The van der Waals surface area contributed by atoms with Crippen LogP contribution in [0.15, 0.2) is 28.7 Å². The number of halogens is 1. The average molecular weight is 269 g/mol. The zero-order valence-electron chi connectivity index (χ0n) is 8.24. The zero-order valence-corrected chi connectivity index (χ0v) is 9.83. The van der Waals surface area contributed by atoms with Gasteiger partial charge in [-0.15, -0.1) is 0 Å². The molecule has 2 rings (SSSR count). The lowest BCUT2D eigenvalue weighted by Gasteiger charge is -2.01. The Morgan fingerprint density at radius 2 is 2.13 bits per heavy atom. The van der Waals surface area contributed by atoms with Crippen molar-refractivity contribution < 1.29 is 4.79 Å². The van der Waals surface area contributed by atoms with Gasteiger partial charge in [0.05, 0.1) is 6.54 Å². The van der Waals surface area contributed by atoms with Gasteiger partial charge < -0.3 is 11.1 Å². The van der Waals surface area contributed by atoms with Crippen LogP contribution in [0.2, 0.25) is 0 Å². The molecule has 0 unspecified atom stereocenters. The molecule has 0 saturated heterocycles. The van der Waals surface area contributed by atoms with Gasteiger partial charge >= 0.3 is 0 Å². The van der Waals surface area contributed by atoms with E-state index in [1.807, 2.05) is 12.1 Å². The maximum atomic E-state index is 10.6. The Labute approximate surface area is 97.2 Å². The van der Waals surface area contributed by atoms with Crippen LogP contribution in [0.5, 0.6) is 0 Å². The van der Waals surface area contributed by atoms with Gasteiger partial charge in [-0.2, -0.15) is 0 Å². The summed E-state index contributed by atoms with van der Waals surface area (Å²) in [6.45, 7) is 0.275. The standard InChI is InChI=1S/C11H13BrN2O/c12-8-3-1-7(2-4-8)9-5-10(9)14-6-11(13)15/h1-4,9-10,14H,5-6H2,(H2,13,15)/t9-,10+/m0/s1. The molecule has 0 spiro atoms. The number of benzene rings is 1. The quantitative estimate of drug-likeness (QED) is 0.867. The number of carbonyl (C=O) groups excluding carboxylic acids is 1. The molecule has 0 radical (unpaired) electrons. The third-order valence-electron chi connectivity index (χ3n) is 2.63. The van der Waals surface area contributed by atoms with E-state index in [2.05, 4.69) is 33.4 Å². The van der Waals surface area contributed by atoms with Crippen molar-refractivity contribution in [3.63, 3.8) is 0 Å². The molecule has 15 heavy (non-hydrogen) atoms. The predicted octanol–water partition coefficient (Wildman–Crippen LogP) is 1.38. The minimum absolute atomic E-state index is 0.275. The summed E-state index contributed by atoms with van der Waals surface area (Å²) >= 11 is 3.40. The molecule has 0 bridgehead atoms. The lowest BCUT2D eigenvalue weighted by molar-refractivity contribution is -0.117. The molecule has 1 aliphatic rings. The molecule has 0 aliphatic heterocycles. The Bertz CT molecular complexity index is 363. The Balaban J connectivity index is 1.88. The van der Waals surface area contributed by atoms with E-state index in [0.29, 0.717) is 12.0 Å². The van der Waals surface area contributed by atoms with Crippen molar-refractivity contribution in [3.8, 4) is 0 Å². The molecule has 80 valence electrons. The highest BCUT2D eigenvalue weighted by Gasteiger charge is 2.37. The number of primary amides is 1. The molecular formula is C11H13BrN2O. The molecular weight excluding hydrogens is 256 g/mol. The van der Waals surface area contributed by atoms with Gasteiger partial charge in [0.15, 0.2) is 0 Å². The van der Waals surface area contributed by atoms with E-state index in [1.165, 1.54) is 5.56 Å². The normalized spacial score (nSPS) is 23.8. The molecule has 3 nitrogen and oxygen atoms in total. The summed E-state index contributed by atoms with van der Waals surface area (Å²) in [4.78, 5) is 10.6. The Morgan fingerprint density at radius 3 is 2.73 bits per heavy atom. The van der Waals surface area contributed by atoms with Crippen molar-refractivity contribution in [1.82, 2.24) is 5.32 Å². The number of hydrogen-bond donors (Lipinski definition) is 2. The monoisotopic (exact) mass is 268 g/mol. The maximum absolute atomic E-state index is 10.6. The van der Waals surface area contributed by atoms with Gasteiger partial charge in [0.1, 0.15) is 0 Å². The van der Waals surface area contributed by atoms with Gasteiger partial charge in [-0.25, -0.2) is 0 Å². The van der Waals surface area contributed by atoms with Crippen LogP contribution in [0.4, 0.5) is 0 Å². The van der Waals surface area contributed by atoms with Crippen molar-refractivity contribution in [2.24, 2.45) is 5.73 Å². The Kier molecular flexibility index (Phi) is 3.07. The highest BCUT2D eigenvalue weighted by atomic mass is 79.9. The van der Waals surface area contributed by atoms with Crippen LogP contribution < -0.4 is 11.1 Å². The van der Waals surface area contributed by atoms with E-state index in [9.17, 15) is 4.79 Å².